The fourth-order valence-electron chi connectivity index (χ4n) is 9.18. The first-order chi connectivity index (χ1) is 19.5. The van der Waals surface area contributed by atoms with Crippen LogP contribution in [0.5, 0.6) is 0 Å². The highest BCUT2D eigenvalue weighted by Gasteiger charge is 2.53. The zero-order valence-corrected chi connectivity index (χ0v) is 23.2. The van der Waals surface area contributed by atoms with Crippen molar-refractivity contribution in [2.45, 2.75) is 82.7 Å². The van der Waals surface area contributed by atoms with Crippen molar-refractivity contribution in [3.8, 4) is 0 Å². The molecule has 5 saturated carbocycles. The summed E-state index contributed by atoms with van der Waals surface area (Å²) < 4.78 is 0. The number of benzene rings is 2. The quantitative estimate of drug-likeness (QED) is 0.449. The van der Waals surface area contributed by atoms with Gasteiger partial charge in [-0.25, -0.2) is 4.79 Å². The maximum Gasteiger partial charge on any atom is 0.320 e. The molecule has 7 nitrogen and oxygen atoms in total. The van der Waals surface area contributed by atoms with Gasteiger partial charge in [0.25, 0.3) is 11.8 Å². The van der Waals surface area contributed by atoms with E-state index in [1.807, 2.05) is 52.3 Å². The van der Waals surface area contributed by atoms with Crippen molar-refractivity contribution >= 4 is 34.9 Å². The van der Waals surface area contributed by atoms with Crippen molar-refractivity contribution in [2.75, 3.05) is 21.7 Å². The van der Waals surface area contributed by atoms with Gasteiger partial charge in [0.2, 0.25) is 0 Å². The number of para-hydroxylation sites is 3. The number of carbonyl (C=O) groups excluding carboxylic acids is 3. The standard InChI is InChI=1S/C33H40N4O3/c38-30-29(35-32(40)34-25-9-3-1-4-10-25)31(39)37(26-11-5-2-6-12-26)28-14-8-7-13-27(28)36(30)21-33-18-22-15-23(19-33)17-24(16-22)20-33/h1,3-4,7-10,13-14,22-24,26,29H,2,5-6,11-12,15-21H2,(H2,34,35,40). The normalized spacial score (nSPS) is 31.6. The predicted octanol–water partition coefficient (Wildman–Crippen LogP) is 6.11. The number of rotatable bonds is 5. The van der Waals surface area contributed by atoms with Crippen molar-refractivity contribution in [3.05, 3.63) is 54.6 Å². The second-order valence-electron chi connectivity index (χ2n) is 13.2. The predicted molar refractivity (Wildman–Crippen MR) is 156 cm³/mol. The Hall–Kier alpha value is -3.35. The van der Waals surface area contributed by atoms with Crippen LogP contribution in [-0.4, -0.2) is 36.5 Å². The Bertz CT molecular complexity index is 1250. The van der Waals surface area contributed by atoms with E-state index in [4.69, 9.17) is 0 Å². The van der Waals surface area contributed by atoms with Crippen molar-refractivity contribution in [1.82, 2.24) is 5.32 Å². The zero-order chi connectivity index (χ0) is 27.3. The summed E-state index contributed by atoms with van der Waals surface area (Å²) in [6.07, 6.45) is 12.6. The highest BCUT2D eigenvalue weighted by molar-refractivity contribution is 6.22. The minimum atomic E-state index is -1.27. The van der Waals surface area contributed by atoms with Gasteiger partial charge >= 0.3 is 6.03 Å². The van der Waals surface area contributed by atoms with E-state index in [2.05, 4.69) is 10.6 Å². The monoisotopic (exact) mass is 540 g/mol. The Morgan fingerprint density at radius 2 is 1.38 bits per heavy atom. The molecule has 210 valence electrons. The molecule has 1 unspecified atom stereocenters. The van der Waals surface area contributed by atoms with Crippen LogP contribution in [0.3, 0.4) is 0 Å². The summed E-state index contributed by atoms with van der Waals surface area (Å²) in [6.45, 7) is 0.622. The number of fused-ring (bicyclic) bond motifs is 1. The Balaban J connectivity index is 1.25. The molecule has 40 heavy (non-hydrogen) atoms. The molecule has 0 radical (unpaired) electrons. The number of hydrogen-bond donors (Lipinski definition) is 2. The summed E-state index contributed by atoms with van der Waals surface area (Å²) in [5.41, 5.74) is 2.34. The summed E-state index contributed by atoms with van der Waals surface area (Å²) in [5.74, 6) is 1.65. The average Bonchev–Trinajstić information content (AvgIpc) is 3.02. The number of nitrogens with zero attached hydrogens (tertiary/aromatic N) is 2. The Morgan fingerprint density at radius 3 is 2.02 bits per heavy atom. The maximum atomic E-state index is 14.5. The summed E-state index contributed by atoms with van der Waals surface area (Å²) in [5, 5.41) is 5.63. The van der Waals surface area contributed by atoms with Gasteiger partial charge in [-0.1, -0.05) is 49.6 Å². The molecule has 1 heterocycles. The molecule has 1 aliphatic heterocycles. The molecule has 0 aromatic heterocycles. The Labute approximate surface area is 236 Å². The third-order valence-corrected chi connectivity index (χ3v) is 10.3. The van der Waals surface area contributed by atoms with Crippen LogP contribution in [0.25, 0.3) is 0 Å². The molecule has 4 amide bonds. The van der Waals surface area contributed by atoms with E-state index in [-0.39, 0.29) is 23.3 Å². The van der Waals surface area contributed by atoms with E-state index in [0.29, 0.717) is 12.2 Å². The molecular weight excluding hydrogens is 500 g/mol. The fourth-order valence-corrected chi connectivity index (χ4v) is 9.18. The van der Waals surface area contributed by atoms with Crippen molar-refractivity contribution < 1.29 is 14.4 Å². The van der Waals surface area contributed by atoms with Crippen LogP contribution >= 0.6 is 0 Å². The average molecular weight is 541 g/mol. The molecule has 5 fully saturated rings. The lowest BCUT2D eigenvalue weighted by Crippen LogP contribution is -2.59. The Morgan fingerprint density at radius 1 is 0.775 bits per heavy atom. The number of hydrogen-bond acceptors (Lipinski definition) is 3. The largest absolute Gasteiger partial charge is 0.320 e. The van der Waals surface area contributed by atoms with Crippen LogP contribution in [-0.2, 0) is 9.59 Å². The lowest BCUT2D eigenvalue weighted by molar-refractivity contribution is -0.130. The van der Waals surface area contributed by atoms with Crippen molar-refractivity contribution in [3.63, 3.8) is 0 Å². The van der Waals surface area contributed by atoms with Crippen LogP contribution in [0.2, 0.25) is 0 Å². The van der Waals surface area contributed by atoms with E-state index in [9.17, 15) is 14.4 Å². The van der Waals surface area contributed by atoms with Gasteiger partial charge in [0.05, 0.1) is 11.4 Å². The number of urea groups is 1. The zero-order valence-electron chi connectivity index (χ0n) is 23.2. The van der Waals surface area contributed by atoms with Gasteiger partial charge in [-0.2, -0.15) is 0 Å². The molecule has 0 saturated heterocycles. The van der Waals surface area contributed by atoms with E-state index < -0.39 is 12.1 Å². The van der Waals surface area contributed by atoms with Gasteiger partial charge in [-0.3, -0.25) is 9.59 Å². The minimum Gasteiger partial charge on any atom is -0.318 e. The summed E-state index contributed by atoms with van der Waals surface area (Å²) in [7, 11) is 0. The number of amides is 4. The fraction of sp³-hybridized carbons (Fsp3) is 0.545. The van der Waals surface area contributed by atoms with Crippen LogP contribution in [0.1, 0.15) is 70.6 Å². The van der Waals surface area contributed by atoms with Gasteiger partial charge in [0.15, 0.2) is 6.04 Å². The first kappa shape index (κ1) is 25.6. The molecule has 5 aliphatic carbocycles. The highest BCUT2D eigenvalue weighted by Crippen LogP contribution is 2.60. The molecule has 2 aromatic carbocycles. The molecule has 8 rings (SSSR count). The van der Waals surface area contributed by atoms with Gasteiger partial charge in [-0.15, -0.1) is 0 Å². The Kier molecular flexibility index (Phi) is 6.56. The van der Waals surface area contributed by atoms with E-state index >= 15 is 0 Å². The smallest absolute Gasteiger partial charge is 0.318 e. The van der Waals surface area contributed by atoms with Crippen LogP contribution in [0.15, 0.2) is 54.6 Å². The summed E-state index contributed by atoms with van der Waals surface area (Å²) >= 11 is 0. The molecule has 2 N–H and O–H groups in total. The molecule has 2 aromatic rings. The van der Waals surface area contributed by atoms with Crippen molar-refractivity contribution in [2.24, 2.45) is 23.2 Å². The molecule has 1 atom stereocenters. The number of carbonyl (C=O) groups is 3. The number of anilines is 3. The minimum absolute atomic E-state index is 0.0242. The van der Waals surface area contributed by atoms with Gasteiger partial charge in [-0.05, 0) is 98.8 Å². The highest BCUT2D eigenvalue weighted by atomic mass is 16.2. The molecular formula is C33H40N4O3. The van der Waals surface area contributed by atoms with Crippen LogP contribution in [0.4, 0.5) is 21.9 Å². The lowest BCUT2D eigenvalue weighted by Gasteiger charge is -2.57. The SMILES string of the molecule is O=C(Nc1ccccc1)NC1C(=O)N(CC23CC4CC(CC(C4)C2)C3)c2ccccc2N(C2CCCCC2)C1=O. The number of nitrogens with one attached hydrogen (secondary N) is 2. The lowest BCUT2D eigenvalue weighted by atomic mass is 9.49. The van der Waals surface area contributed by atoms with Gasteiger partial charge in [0, 0.05) is 18.3 Å². The topological polar surface area (TPSA) is 81.8 Å². The van der Waals surface area contributed by atoms with E-state index in [1.165, 1.54) is 44.9 Å². The van der Waals surface area contributed by atoms with Gasteiger partial charge in [0.1, 0.15) is 0 Å². The molecule has 7 heteroatoms. The third kappa shape index (κ3) is 4.67. The molecule has 0 spiro atoms. The second kappa shape index (κ2) is 10.2. The third-order valence-electron chi connectivity index (χ3n) is 10.3. The van der Waals surface area contributed by atoms with Gasteiger partial charge < -0.3 is 20.4 Å². The molecule has 6 aliphatic rings. The van der Waals surface area contributed by atoms with Crippen LogP contribution < -0.4 is 20.4 Å². The first-order valence-electron chi connectivity index (χ1n) is 15.3. The van der Waals surface area contributed by atoms with E-state index in [0.717, 1.165) is 54.8 Å². The maximum absolute atomic E-state index is 14.5. The molecule has 4 bridgehead atoms. The second-order valence-corrected chi connectivity index (χ2v) is 13.2. The first-order valence-corrected chi connectivity index (χ1v) is 15.3. The van der Waals surface area contributed by atoms with E-state index in [1.54, 1.807) is 12.1 Å². The van der Waals surface area contributed by atoms with Crippen LogP contribution in [0, 0.1) is 23.2 Å². The van der Waals surface area contributed by atoms with Crippen molar-refractivity contribution in [1.29, 1.82) is 0 Å². The summed E-state index contributed by atoms with van der Waals surface area (Å²) in [4.78, 5) is 45.8. The summed E-state index contributed by atoms with van der Waals surface area (Å²) in [6, 6.07) is 15.3.